The van der Waals surface area contributed by atoms with Crippen molar-refractivity contribution < 1.29 is 0 Å². The number of aromatic nitrogens is 1. The molecule has 1 unspecified atom stereocenters. The first-order valence-corrected chi connectivity index (χ1v) is 8.77. The zero-order valence-corrected chi connectivity index (χ0v) is 13.5. The molecule has 0 bridgehead atoms. The SMILES string of the molecule is CCCNCc1cnc(N(C)C(C)CCSC)s1. The topological polar surface area (TPSA) is 28.2 Å². The first-order chi connectivity index (χ1) is 8.69. The highest BCUT2D eigenvalue weighted by Gasteiger charge is 2.13. The quantitative estimate of drug-likeness (QED) is 0.706. The van der Waals surface area contributed by atoms with E-state index < -0.39 is 0 Å². The molecule has 0 radical (unpaired) electrons. The summed E-state index contributed by atoms with van der Waals surface area (Å²) in [4.78, 5) is 8.14. The van der Waals surface area contributed by atoms with Crippen LogP contribution in [-0.2, 0) is 6.54 Å². The minimum absolute atomic E-state index is 0.556. The van der Waals surface area contributed by atoms with Crippen molar-refractivity contribution in [1.29, 1.82) is 0 Å². The molecule has 1 aromatic rings. The molecule has 0 fully saturated rings. The van der Waals surface area contributed by atoms with Crippen LogP contribution in [0.15, 0.2) is 6.20 Å². The van der Waals surface area contributed by atoms with Crippen LogP contribution in [0, 0.1) is 0 Å². The number of thiazole rings is 1. The Balaban J connectivity index is 2.45. The van der Waals surface area contributed by atoms with Gasteiger partial charge in [0.1, 0.15) is 0 Å². The summed E-state index contributed by atoms with van der Waals surface area (Å²) < 4.78 is 0. The molecule has 104 valence electrons. The van der Waals surface area contributed by atoms with Crippen molar-refractivity contribution in [3.63, 3.8) is 0 Å². The van der Waals surface area contributed by atoms with Gasteiger partial charge in [0.2, 0.25) is 0 Å². The lowest BCUT2D eigenvalue weighted by Crippen LogP contribution is -2.29. The first-order valence-electron chi connectivity index (χ1n) is 6.56. The molecule has 1 heterocycles. The first kappa shape index (κ1) is 15.8. The summed E-state index contributed by atoms with van der Waals surface area (Å²) in [6, 6.07) is 0.556. The molecule has 1 N–H and O–H groups in total. The molecule has 1 aromatic heterocycles. The highest BCUT2D eigenvalue weighted by atomic mass is 32.2. The third-order valence-electron chi connectivity index (χ3n) is 2.97. The van der Waals surface area contributed by atoms with E-state index in [4.69, 9.17) is 0 Å². The Morgan fingerprint density at radius 2 is 2.33 bits per heavy atom. The monoisotopic (exact) mass is 287 g/mol. The van der Waals surface area contributed by atoms with Crippen molar-refractivity contribution >= 4 is 28.2 Å². The van der Waals surface area contributed by atoms with Gasteiger partial charge in [-0.2, -0.15) is 11.8 Å². The van der Waals surface area contributed by atoms with Gasteiger partial charge >= 0.3 is 0 Å². The summed E-state index contributed by atoms with van der Waals surface area (Å²) in [5, 5.41) is 4.55. The van der Waals surface area contributed by atoms with Crippen molar-refractivity contribution in [3.05, 3.63) is 11.1 Å². The number of rotatable bonds is 9. The summed E-state index contributed by atoms with van der Waals surface area (Å²) in [6.45, 7) is 6.48. The Labute approximate surface area is 119 Å². The molecular formula is C13H25N3S2. The van der Waals surface area contributed by atoms with Crippen molar-refractivity contribution in [3.8, 4) is 0 Å². The van der Waals surface area contributed by atoms with Gasteiger partial charge in [-0.3, -0.25) is 0 Å². The summed E-state index contributed by atoms with van der Waals surface area (Å²) in [7, 11) is 2.15. The Morgan fingerprint density at radius 3 is 3.00 bits per heavy atom. The number of anilines is 1. The number of hydrogen-bond acceptors (Lipinski definition) is 5. The summed E-state index contributed by atoms with van der Waals surface area (Å²) in [5.41, 5.74) is 0. The average Bonchev–Trinajstić information content (AvgIpc) is 2.84. The van der Waals surface area contributed by atoms with Gasteiger partial charge in [0.05, 0.1) is 0 Å². The zero-order valence-electron chi connectivity index (χ0n) is 11.9. The van der Waals surface area contributed by atoms with Crippen LogP contribution in [0.1, 0.15) is 31.6 Å². The van der Waals surface area contributed by atoms with Crippen LogP contribution in [-0.4, -0.2) is 36.6 Å². The molecule has 1 rings (SSSR count). The van der Waals surface area contributed by atoms with Gasteiger partial charge in [-0.25, -0.2) is 4.98 Å². The van der Waals surface area contributed by atoms with E-state index >= 15 is 0 Å². The average molecular weight is 287 g/mol. The van der Waals surface area contributed by atoms with Gasteiger partial charge in [0, 0.05) is 30.7 Å². The molecule has 0 saturated carbocycles. The molecule has 0 saturated heterocycles. The van der Waals surface area contributed by atoms with Crippen LogP contribution >= 0.6 is 23.1 Å². The number of nitrogens with one attached hydrogen (secondary N) is 1. The Hall–Kier alpha value is -0.260. The maximum Gasteiger partial charge on any atom is 0.185 e. The van der Waals surface area contributed by atoms with Crippen molar-refractivity contribution in [1.82, 2.24) is 10.3 Å². The van der Waals surface area contributed by atoms with E-state index in [9.17, 15) is 0 Å². The smallest absolute Gasteiger partial charge is 0.185 e. The van der Waals surface area contributed by atoms with Crippen LogP contribution in [0.25, 0.3) is 0 Å². The summed E-state index contributed by atoms with van der Waals surface area (Å²) in [6.07, 6.45) is 6.55. The van der Waals surface area contributed by atoms with Gasteiger partial charge < -0.3 is 10.2 Å². The summed E-state index contributed by atoms with van der Waals surface area (Å²) in [5.74, 6) is 1.21. The summed E-state index contributed by atoms with van der Waals surface area (Å²) >= 11 is 3.71. The van der Waals surface area contributed by atoms with Crippen LogP contribution < -0.4 is 10.2 Å². The molecule has 0 spiro atoms. The second kappa shape index (κ2) is 8.77. The van der Waals surface area contributed by atoms with Crippen LogP contribution in [0.2, 0.25) is 0 Å². The van der Waals surface area contributed by atoms with Crippen molar-refractivity contribution in [2.45, 2.75) is 39.3 Å². The van der Waals surface area contributed by atoms with E-state index in [1.165, 1.54) is 23.5 Å². The molecule has 0 aliphatic rings. The van der Waals surface area contributed by atoms with Gasteiger partial charge in [-0.15, -0.1) is 11.3 Å². The highest BCUT2D eigenvalue weighted by Crippen LogP contribution is 2.24. The van der Waals surface area contributed by atoms with Gasteiger partial charge in [0.25, 0.3) is 0 Å². The minimum atomic E-state index is 0.556. The van der Waals surface area contributed by atoms with E-state index in [2.05, 4.69) is 42.4 Å². The second-order valence-electron chi connectivity index (χ2n) is 4.53. The third-order valence-corrected chi connectivity index (χ3v) is 4.70. The number of thioether (sulfide) groups is 1. The fourth-order valence-corrected chi connectivity index (χ4v) is 3.12. The normalized spacial score (nSPS) is 12.7. The molecule has 1 atom stereocenters. The number of hydrogen-bond donors (Lipinski definition) is 1. The third kappa shape index (κ3) is 5.16. The lowest BCUT2D eigenvalue weighted by atomic mass is 10.2. The van der Waals surface area contributed by atoms with Crippen molar-refractivity contribution in [2.24, 2.45) is 0 Å². The predicted octanol–water partition coefficient (Wildman–Crippen LogP) is 3.22. The molecule has 0 aromatic carbocycles. The van der Waals surface area contributed by atoms with Gasteiger partial charge in [-0.05, 0) is 38.3 Å². The Kier molecular flexibility index (Phi) is 7.70. The second-order valence-corrected chi connectivity index (χ2v) is 6.61. The lowest BCUT2D eigenvalue weighted by Gasteiger charge is -2.23. The Bertz CT molecular complexity index is 328. The Morgan fingerprint density at radius 1 is 1.56 bits per heavy atom. The zero-order chi connectivity index (χ0) is 13.4. The van der Waals surface area contributed by atoms with E-state index in [0.29, 0.717) is 6.04 Å². The fraction of sp³-hybridized carbons (Fsp3) is 0.769. The van der Waals surface area contributed by atoms with Crippen LogP contribution in [0.5, 0.6) is 0 Å². The molecular weight excluding hydrogens is 262 g/mol. The lowest BCUT2D eigenvalue weighted by molar-refractivity contribution is 0.667. The van der Waals surface area contributed by atoms with E-state index in [1.807, 2.05) is 18.0 Å². The molecule has 3 nitrogen and oxygen atoms in total. The molecule has 0 aliphatic carbocycles. The largest absolute Gasteiger partial charge is 0.348 e. The molecule has 0 aliphatic heterocycles. The number of nitrogens with zero attached hydrogens (tertiary/aromatic N) is 2. The predicted molar refractivity (Wildman–Crippen MR) is 85.0 cm³/mol. The minimum Gasteiger partial charge on any atom is -0.348 e. The highest BCUT2D eigenvalue weighted by molar-refractivity contribution is 7.98. The maximum absolute atomic E-state index is 4.52. The molecule has 5 heteroatoms. The fourth-order valence-electron chi connectivity index (χ4n) is 1.60. The van der Waals surface area contributed by atoms with Crippen LogP contribution in [0.3, 0.4) is 0 Å². The molecule has 0 amide bonds. The van der Waals surface area contributed by atoms with E-state index in [-0.39, 0.29) is 0 Å². The standard InChI is InChI=1S/C13H25N3S2/c1-5-7-14-9-12-10-15-13(18-12)16(3)11(2)6-8-17-4/h10-11,14H,5-9H2,1-4H3. The maximum atomic E-state index is 4.52. The molecule has 18 heavy (non-hydrogen) atoms. The van der Waals surface area contributed by atoms with Gasteiger partial charge in [0.15, 0.2) is 5.13 Å². The van der Waals surface area contributed by atoms with Gasteiger partial charge in [-0.1, -0.05) is 6.92 Å². The van der Waals surface area contributed by atoms with E-state index in [0.717, 1.165) is 18.2 Å². The van der Waals surface area contributed by atoms with Crippen molar-refractivity contribution in [2.75, 3.05) is 30.5 Å². The van der Waals surface area contributed by atoms with Crippen LogP contribution in [0.4, 0.5) is 5.13 Å². The van der Waals surface area contributed by atoms with E-state index in [1.54, 1.807) is 11.3 Å².